The highest BCUT2D eigenvalue weighted by molar-refractivity contribution is 5.85. The van der Waals surface area contributed by atoms with Gasteiger partial charge in [-0.05, 0) is 33.8 Å². The Bertz CT molecular complexity index is 1470. The Morgan fingerprint density at radius 1 is 1.10 bits per heavy atom. The summed E-state index contributed by atoms with van der Waals surface area (Å²) in [7, 11) is 0. The molecule has 0 radical (unpaired) electrons. The molecular weight excluding hydrogens is 552 g/mol. The number of benzene rings is 1. The summed E-state index contributed by atoms with van der Waals surface area (Å²) in [5.74, 6) is -2.91. The summed E-state index contributed by atoms with van der Waals surface area (Å²) in [5.41, 5.74) is 3.33. The van der Waals surface area contributed by atoms with E-state index in [-0.39, 0.29) is 25.8 Å². The zero-order chi connectivity index (χ0) is 30.0. The summed E-state index contributed by atoms with van der Waals surface area (Å²) >= 11 is 0. The Morgan fingerprint density at radius 3 is 2.60 bits per heavy atom. The lowest BCUT2D eigenvalue weighted by Crippen LogP contribution is -2.57. The molecular formula is C28H31F2N7O5. The van der Waals surface area contributed by atoms with Gasteiger partial charge < -0.3 is 19.2 Å². The van der Waals surface area contributed by atoms with E-state index in [1.54, 1.807) is 45.4 Å². The van der Waals surface area contributed by atoms with Crippen molar-refractivity contribution in [2.75, 3.05) is 31.2 Å². The number of hydroxylamine groups is 1. The van der Waals surface area contributed by atoms with E-state index < -0.39 is 41.0 Å². The zero-order valence-electron chi connectivity index (χ0n) is 23.6. The number of halogens is 2. The van der Waals surface area contributed by atoms with E-state index in [0.29, 0.717) is 30.3 Å². The van der Waals surface area contributed by atoms with E-state index in [9.17, 15) is 18.4 Å². The molecule has 1 unspecified atom stereocenters. The topological polar surface area (TPSA) is 132 Å². The van der Waals surface area contributed by atoms with E-state index in [1.165, 1.54) is 11.0 Å². The Kier molecular flexibility index (Phi) is 8.16. The minimum absolute atomic E-state index is 0.114. The molecule has 42 heavy (non-hydrogen) atoms. The molecule has 0 bridgehead atoms. The van der Waals surface area contributed by atoms with Crippen LogP contribution in [-0.2, 0) is 20.7 Å². The normalized spacial score (nSPS) is 18.7. The Hall–Kier alpha value is -4.46. The van der Waals surface area contributed by atoms with Crippen LogP contribution in [0, 0.1) is 11.6 Å². The number of aromatic nitrogens is 4. The van der Waals surface area contributed by atoms with Crippen LogP contribution in [0.3, 0.4) is 0 Å². The molecule has 0 spiro atoms. The maximum atomic E-state index is 14.8. The summed E-state index contributed by atoms with van der Waals surface area (Å²) in [4.78, 5) is 51.3. The molecule has 3 aromatic rings. The van der Waals surface area contributed by atoms with Gasteiger partial charge in [0.25, 0.3) is 5.91 Å². The summed E-state index contributed by atoms with van der Waals surface area (Å²) in [6, 6.07) is 2.70. The molecule has 14 heteroatoms. The second-order valence-corrected chi connectivity index (χ2v) is 10.9. The third kappa shape index (κ3) is 6.22. The number of nitrogens with zero attached hydrogens (tertiary/aromatic N) is 6. The minimum Gasteiger partial charge on any atom is -0.444 e. The van der Waals surface area contributed by atoms with Crippen molar-refractivity contribution >= 4 is 17.7 Å². The minimum atomic E-state index is -1.27. The van der Waals surface area contributed by atoms with E-state index in [0.717, 1.165) is 17.3 Å². The average Bonchev–Trinajstić information content (AvgIpc) is 2.97. The van der Waals surface area contributed by atoms with E-state index in [4.69, 9.17) is 14.3 Å². The molecule has 0 aliphatic carbocycles. The van der Waals surface area contributed by atoms with Gasteiger partial charge in [-0.25, -0.2) is 29.1 Å². The highest BCUT2D eigenvalue weighted by atomic mass is 19.2. The van der Waals surface area contributed by atoms with E-state index >= 15 is 0 Å². The number of anilines is 1. The number of hydrogen-bond acceptors (Lipinski definition) is 10. The molecule has 1 saturated heterocycles. The first-order chi connectivity index (χ1) is 20.0. The van der Waals surface area contributed by atoms with Gasteiger partial charge in [0, 0.05) is 61.5 Å². The highest BCUT2D eigenvalue weighted by Crippen LogP contribution is 2.36. The van der Waals surface area contributed by atoms with Crippen LogP contribution in [0.4, 0.5) is 19.3 Å². The van der Waals surface area contributed by atoms with Crippen molar-refractivity contribution in [3.63, 3.8) is 0 Å². The zero-order valence-corrected chi connectivity index (χ0v) is 23.6. The average molecular weight is 584 g/mol. The van der Waals surface area contributed by atoms with Gasteiger partial charge in [-0.15, -0.1) is 0 Å². The molecule has 12 nitrogen and oxygen atoms in total. The number of carbonyl (C=O) groups is 2. The van der Waals surface area contributed by atoms with Gasteiger partial charge in [-0.1, -0.05) is 0 Å². The highest BCUT2D eigenvalue weighted by Gasteiger charge is 2.36. The summed E-state index contributed by atoms with van der Waals surface area (Å²) < 4.78 is 40.2. The first-order valence-corrected chi connectivity index (χ1v) is 13.4. The molecule has 4 heterocycles. The van der Waals surface area contributed by atoms with E-state index in [2.05, 4.69) is 25.4 Å². The maximum absolute atomic E-state index is 14.8. The maximum Gasteiger partial charge on any atom is 0.411 e. The van der Waals surface area contributed by atoms with Crippen LogP contribution in [0.25, 0.3) is 11.6 Å². The number of rotatable bonds is 5. The quantitative estimate of drug-likeness (QED) is 0.446. The van der Waals surface area contributed by atoms with Crippen LogP contribution in [-0.4, -0.2) is 74.8 Å². The largest absolute Gasteiger partial charge is 0.444 e. The predicted molar refractivity (Wildman–Crippen MR) is 145 cm³/mol. The van der Waals surface area contributed by atoms with Gasteiger partial charge in [0.1, 0.15) is 11.6 Å². The van der Waals surface area contributed by atoms with Crippen molar-refractivity contribution in [3.05, 3.63) is 59.7 Å². The van der Waals surface area contributed by atoms with Gasteiger partial charge in [0.2, 0.25) is 5.82 Å². The van der Waals surface area contributed by atoms with Crippen LogP contribution in [0.2, 0.25) is 0 Å². The molecule has 2 aliphatic rings. The van der Waals surface area contributed by atoms with Crippen molar-refractivity contribution < 1.29 is 32.7 Å². The summed E-state index contributed by atoms with van der Waals surface area (Å²) in [6.07, 6.45) is 4.72. The van der Waals surface area contributed by atoms with Crippen LogP contribution >= 0.6 is 0 Å². The number of amides is 2. The Balaban J connectivity index is 1.31. The molecule has 2 atom stereocenters. The fraction of sp³-hybridized carbons (Fsp3) is 0.429. The molecule has 1 aromatic carbocycles. The van der Waals surface area contributed by atoms with Gasteiger partial charge >= 0.3 is 6.09 Å². The lowest BCUT2D eigenvalue weighted by atomic mass is 9.98. The van der Waals surface area contributed by atoms with Gasteiger partial charge in [0.05, 0.1) is 24.9 Å². The number of nitrogens with one attached hydrogen (secondary N) is 1. The summed E-state index contributed by atoms with van der Waals surface area (Å²) in [5, 5.41) is 0. The molecule has 2 aromatic heterocycles. The molecule has 1 N–H and O–H groups in total. The summed E-state index contributed by atoms with van der Waals surface area (Å²) in [6.45, 7) is 7.69. The molecule has 1 fully saturated rings. The van der Waals surface area contributed by atoms with Crippen LogP contribution in [0.1, 0.15) is 45.0 Å². The number of hydrogen-bond donors (Lipinski definition) is 1. The van der Waals surface area contributed by atoms with Crippen LogP contribution in [0.5, 0.6) is 5.75 Å². The second kappa shape index (κ2) is 11.8. The fourth-order valence-corrected chi connectivity index (χ4v) is 4.76. The van der Waals surface area contributed by atoms with Gasteiger partial charge in [-0.2, -0.15) is 9.87 Å². The Morgan fingerprint density at radius 2 is 1.86 bits per heavy atom. The fourth-order valence-electron chi connectivity index (χ4n) is 4.76. The number of morpholine rings is 1. The lowest BCUT2D eigenvalue weighted by molar-refractivity contribution is -0.139. The molecule has 5 rings (SSSR count). The van der Waals surface area contributed by atoms with Crippen LogP contribution in [0.15, 0.2) is 36.8 Å². The SMILES string of the molecule is CC1c2cnc(-c3ncccn3)nc2CCN1c1cc(F)c(F)c(ONC(=O)[C@@H]2COCCN2C(=O)OC(C)(C)C)c1. The van der Waals surface area contributed by atoms with Crippen molar-refractivity contribution in [3.8, 4) is 17.4 Å². The monoisotopic (exact) mass is 583 g/mol. The van der Waals surface area contributed by atoms with Crippen LogP contribution < -0.4 is 15.2 Å². The first-order valence-electron chi connectivity index (χ1n) is 13.4. The lowest BCUT2D eigenvalue weighted by Gasteiger charge is -2.36. The molecule has 222 valence electrons. The van der Waals surface area contributed by atoms with Crippen molar-refractivity contribution in [2.45, 2.75) is 51.8 Å². The molecule has 0 saturated carbocycles. The smallest absolute Gasteiger partial charge is 0.411 e. The third-order valence-corrected chi connectivity index (χ3v) is 6.80. The number of ether oxygens (including phenoxy) is 2. The standard InChI is InChI=1S/C28H31F2N7O5/c1-16-18-14-33-25(24-31-7-5-8-32-24)34-20(18)6-9-36(16)17-12-19(29)23(30)22(13-17)42-35-26(38)21-15-40-11-10-37(21)27(39)41-28(2,3)4/h5,7-8,12-14,16,21H,6,9-11,15H2,1-4H3,(H,35,38)/t16?,21-/m0/s1. The Labute approximate surface area is 241 Å². The molecule has 2 amide bonds. The second-order valence-electron chi connectivity index (χ2n) is 10.9. The number of fused-ring (bicyclic) bond motifs is 1. The van der Waals surface area contributed by atoms with E-state index in [1.807, 2.05) is 11.8 Å². The molecule has 2 aliphatic heterocycles. The third-order valence-electron chi connectivity index (χ3n) is 6.80. The van der Waals surface area contributed by atoms with Crippen molar-refractivity contribution in [2.24, 2.45) is 0 Å². The first kappa shape index (κ1) is 29.0. The predicted octanol–water partition coefficient (Wildman–Crippen LogP) is 3.38. The number of carbonyl (C=O) groups excluding carboxylic acids is 2. The van der Waals surface area contributed by atoms with Gasteiger partial charge in [0.15, 0.2) is 23.2 Å². The van der Waals surface area contributed by atoms with Crippen molar-refractivity contribution in [1.82, 2.24) is 30.3 Å². The van der Waals surface area contributed by atoms with Crippen molar-refractivity contribution in [1.29, 1.82) is 0 Å². The van der Waals surface area contributed by atoms with Gasteiger partial charge in [-0.3, -0.25) is 9.69 Å².